The van der Waals surface area contributed by atoms with Gasteiger partial charge in [-0.1, -0.05) is 0 Å². The van der Waals surface area contributed by atoms with Crippen LogP contribution in [0.25, 0.3) is 0 Å². The summed E-state index contributed by atoms with van der Waals surface area (Å²) in [6.45, 7) is 2.73. The SMILES string of the molecule is NC(=O)NCCNc1nc(N)nc(N2CCCC2)n1. The molecule has 19 heavy (non-hydrogen) atoms. The zero-order valence-electron chi connectivity index (χ0n) is 10.6. The van der Waals surface area contributed by atoms with Crippen molar-refractivity contribution in [2.75, 3.05) is 42.1 Å². The van der Waals surface area contributed by atoms with E-state index in [9.17, 15) is 4.79 Å². The molecule has 0 radical (unpaired) electrons. The third-order valence-corrected chi connectivity index (χ3v) is 2.74. The molecule has 1 fully saturated rings. The van der Waals surface area contributed by atoms with Crippen molar-refractivity contribution in [2.45, 2.75) is 12.8 Å². The number of nitrogens with two attached hydrogens (primary N) is 2. The number of rotatable bonds is 5. The van der Waals surface area contributed by atoms with Gasteiger partial charge in [0.2, 0.25) is 17.8 Å². The molecule has 1 saturated heterocycles. The van der Waals surface area contributed by atoms with Gasteiger partial charge in [0.25, 0.3) is 0 Å². The van der Waals surface area contributed by atoms with Crippen LogP contribution in [-0.4, -0.2) is 47.2 Å². The van der Waals surface area contributed by atoms with Gasteiger partial charge in [0, 0.05) is 26.2 Å². The van der Waals surface area contributed by atoms with E-state index in [0.717, 1.165) is 25.9 Å². The zero-order valence-corrected chi connectivity index (χ0v) is 10.6. The molecule has 0 atom stereocenters. The molecule has 2 heterocycles. The van der Waals surface area contributed by atoms with Crippen molar-refractivity contribution in [1.29, 1.82) is 0 Å². The first-order chi connectivity index (χ1) is 9.15. The van der Waals surface area contributed by atoms with E-state index >= 15 is 0 Å². The lowest BCUT2D eigenvalue weighted by Crippen LogP contribution is -2.33. The van der Waals surface area contributed by atoms with Crippen LogP contribution in [0.2, 0.25) is 0 Å². The first kappa shape index (κ1) is 13.1. The minimum atomic E-state index is -0.560. The van der Waals surface area contributed by atoms with Crippen molar-refractivity contribution in [3.63, 3.8) is 0 Å². The Labute approximate surface area is 110 Å². The van der Waals surface area contributed by atoms with E-state index in [4.69, 9.17) is 11.5 Å². The smallest absolute Gasteiger partial charge is 0.312 e. The average Bonchev–Trinajstić information content (AvgIpc) is 2.87. The van der Waals surface area contributed by atoms with Gasteiger partial charge in [0.15, 0.2) is 0 Å². The number of nitrogens with one attached hydrogen (secondary N) is 2. The number of hydrogen-bond donors (Lipinski definition) is 4. The summed E-state index contributed by atoms with van der Waals surface area (Å²) >= 11 is 0. The Morgan fingerprint density at radius 2 is 1.95 bits per heavy atom. The Kier molecular flexibility index (Phi) is 4.16. The Hall–Kier alpha value is -2.32. The summed E-state index contributed by atoms with van der Waals surface area (Å²) in [5.74, 6) is 1.18. The number of nitrogen functional groups attached to an aromatic ring is 1. The van der Waals surface area contributed by atoms with Crippen LogP contribution in [0.3, 0.4) is 0 Å². The van der Waals surface area contributed by atoms with E-state index in [-0.39, 0.29) is 5.95 Å². The number of carbonyl (C=O) groups excluding carboxylic acids is 1. The predicted molar refractivity (Wildman–Crippen MR) is 71.8 cm³/mol. The van der Waals surface area contributed by atoms with Crippen LogP contribution < -0.4 is 27.0 Å². The van der Waals surface area contributed by atoms with E-state index in [0.29, 0.717) is 25.0 Å². The third kappa shape index (κ3) is 3.83. The van der Waals surface area contributed by atoms with E-state index in [1.807, 2.05) is 0 Å². The van der Waals surface area contributed by atoms with E-state index < -0.39 is 6.03 Å². The van der Waals surface area contributed by atoms with Crippen LogP contribution >= 0.6 is 0 Å². The quantitative estimate of drug-likeness (QED) is 0.509. The molecule has 1 aliphatic rings. The van der Waals surface area contributed by atoms with Crippen LogP contribution in [0.1, 0.15) is 12.8 Å². The number of anilines is 3. The van der Waals surface area contributed by atoms with Crippen LogP contribution in [0.15, 0.2) is 0 Å². The van der Waals surface area contributed by atoms with Gasteiger partial charge < -0.3 is 27.0 Å². The molecule has 9 heteroatoms. The maximum atomic E-state index is 10.5. The van der Waals surface area contributed by atoms with Crippen molar-refractivity contribution in [3.8, 4) is 0 Å². The molecule has 6 N–H and O–H groups in total. The van der Waals surface area contributed by atoms with Gasteiger partial charge >= 0.3 is 6.03 Å². The van der Waals surface area contributed by atoms with Gasteiger partial charge in [-0.3, -0.25) is 0 Å². The van der Waals surface area contributed by atoms with Gasteiger partial charge in [-0.25, -0.2) is 4.79 Å². The molecular formula is C10H18N8O. The van der Waals surface area contributed by atoms with Crippen molar-refractivity contribution in [3.05, 3.63) is 0 Å². The summed E-state index contributed by atoms with van der Waals surface area (Å²) < 4.78 is 0. The molecule has 104 valence electrons. The largest absolute Gasteiger partial charge is 0.368 e. The number of hydrogen-bond acceptors (Lipinski definition) is 7. The third-order valence-electron chi connectivity index (χ3n) is 2.74. The predicted octanol–water partition coefficient (Wildman–Crippen LogP) is -0.866. The van der Waals surface area contributed by atoms with E-state index in [2.05, 4.69) is 30.5 Å². The lowest BCUT2D eigenvalue weighted by Gasteiger charge is -2.16. The number of aromatic nitrogens is 3. The number of nitrogens with zero attached hydrogens (tertiary/aromatic N) is 4. The molecule has 0 unspecified atom stereocenters. The minimum Gasteiger partial charge on any atom is -0.368 e. The molecule has 0 bridgehead atoms. The van der Waals surface area contributed by atoms with Crippen molar-refractivity contribution in [2.24, 2.45) is 5.73 Å². The Bertz CT molecular complexity index is 445. The molecule has 0 saturated carbocycles. The van der Waals surface area contributed by atoms with Crippen LogP contribution in [0, 0.1) is 0 Å². The maximum absolute atomic E-state index is 10.5. The molecule has 2 amide bonds. The highest BCUT2D eigenvalue weighted by molar-refractivity contribution is 5.71. The van der Waals surface area contributed by atoms with Gasteiger partial charge in [0.05, 0.1) is 0 Å². The van der Waals surface area contributed by atoms with Gasteiger partial charge in [-0.05, 0) is 12.8 Å². The minimum absolute atomic E-state index is 0.183. The highest BCUT2D eigenvalue weighted by atomic mass is 16.2. The lowest BCUT2D eigenvalue weighted by molar-refractivity contribution is 0.249. The van der Waals surface area contributed by atoms with Crippen LogP contribution in [-0.2, 0) is 0 Å². The van der Waals surface area contributed by atoms with E-state index in [1.165, 1.54) is 0 Å². The zero-order chi connectivity index (χ0) is 13.7. The number of urea groups is 1. The second-order valence-electron chi connectivity index (χ2n) is 4.23. The first-order valence-corrected chi connectivity index (χ1v) is 6.19. The Balaban J connectivity index is 1.94. The maximum Gasteiger partial charge on any atom is 0.312 e. The molecule has 1 aromatic rings. The van der Waals surface area contributed by atoms with Crippen molar-refractivity contribution < 1.29 is 4.79 Å². The summed E-state index contributed by atoms with van der Waals surface area (Å²) in [7, 11) is 0. The van der Waals surface area contributed by atoms with Crippen LogP contribution in [0.4, 0.5) is 22.6 Å². The molecule has 9 nitrogen and oxygen atoms in total. The van der Waals surface area contributed by atoms with Gasteiger partial charge in [0.1, 0.15) is 0 Å². The number of amides is 2. The molecule has 2 rings (SSSR count). The second-order valence-corrected chi connectivity index (χ2v) is 4.23. The summed E-state index contributed by atoms with van der Waals surface area (Å²) in [6, 6.07) is -0.560. The fourth-order valence-electron chi connectivity index (χ4n) is 1.88. The molecule has 0 aliphatic carbocycles. The molecule has 0 aromatic carbocycles. The molecule has 1 aromatic heterocycles. The number of primary amides is 1. The highest BCUT2D eigenvalue weighted by Gasteiger charge is 2.16. The lowest BCUT2D eigenvalue weighted by atomic mass is 10.4. The second kappa shape index (κ2) is 6.03. The first-order valence-electron chi connectivity index (χ1n) is 6.19. The standard InChI is InChI=1S/C10H18N8O/c11-7-15-9(14-4-3-13-8(12)19)17-10(16-7)18-5-1-2-6-18/h1-6H2,(H3,12,13,19)(H3,11,14,15,16,17). The summed E-state index contributed by atoms with van der Waals surface area (Å²) in [4.78, 5) is 25.0. The molecule has 1 aliphatic heterocycles. The van der Waals surface area contributed by atoms with Gasteiger partial charge in [-0.15, -0.1) is 0 Å². The Morgan fingerprint density at radius 3 is 2.63 bits per heavy atom. The van der Waals surface area contributed by atoms with Crippen LogP contribution in [0.5, 0.6) is 0 Å². The fraction of sp³-hybridized carbons (Fsp3) is 0.600. The molecular weight excluding hydrogens is 248 g/mol. The highest BCUT2D eigenvalue weighted by Crippen LogP contribution is 2.17. The summed E-state index contributed by atoms with van der Waals surface area (Å²) in [5.41, 5.74) is 10.6. The van der Waals surface area contributed by atoms with E-state index in [1.54, 1.807) is 0 Å². The summed E-state index contributed by atoms with van der Waals surface area (Å²) in [5, 5.41) is 5.43. The van der Waals surface area contributed by atoms with Crippen molar-refractivity contribution in [1.82, 2.24) is 20.3 Å². The normalized spacial score (nSPS) is 14.4. The average molecular weight is 266 g/mol. The van der Waals surface area contributed by atoms with Gasteiger partial charge in [-0.2, -0.15) is 15.0 Å². The number of carbonyl (C=O) groups is 1. The fourth-order valence-corrected chi connectivity index (χ4v) is 1.88. The Morgan fingerprint density at radius 1 is 1.21 bits per heavy atom. The monoisotopic (exact) mass is 266 g/mol. The summed E-state index contributed by atoms with van der Waals surface area (Å²) in [6.07, 6.45) is 2.27. The topological polar surface area (TPSA) is 135 Å². The van der Waals surface area contributed by atoms with Crippen molar-refractivity contribution >= 4 is 23.9 Å². The molecule has 0 spiro atoms.